The fourth-order valence-electron chi connectivity index (χ4n) is 3.65. The van der Waals surface area contributed by atoms with Gasteiger partial charge in [-0.15, -0.1) is 5.92 Å². The quantitative estimate of drug-likeness (QED) is 0.368. The summed E-state index contributed by atoms with van der Waals surface area (Å²) in [5.74, 6) is 3.73. The van der Waals surface area contributed by atoms with Crippen molar-refractivity contribution in [1.29, 1.82) is 0 Å². The van der Waals surface area contributed by atoms with Crippen LogP contribution in [-0.4, -0.2) is 39.3 Å². The molecule has 2 rings (SSSR count). The maximum atomic E-state index is 12.1. The van der Waals surface area contributed by atoms with Crippen molar-refractivity contribution >= 4 is 11.8 Å². The van der Waals surface area contributed by atoms with Gasteiger partial charge in [0.1, 0.15) is 6.10 Å². The van der Waals surface area contributed by atoms with E-state index in [9.17, 15) is 19.8 Å². The zero-order valence-corrected chi connectivity index (χ0v) is 15.0. The van der Waals surface area contributed by atoms with Gasteiger partial charge in [-0.1, -0.05) is 43.4 Å². The normalized spacial score (nSPS) is 25.8. The van der Waals surface area contributed by atoms with Crippen molar-refractivity contribution in [2.45, 2.75) is 63.6 Å². The maximum absolute atomic E-state index is 12.1. The molecule has 4 atom stereocenters. The molecule has 0 heterocycles. The number of hydrogen-bond acceptors (Lipinski definition) is 4. The molecule has 4 unspecified atom stereocenters. The van der Waals surface area contributed by atoms with Crippen LogP contribution in [0.3, 0.4) is 0 Å². The third kappa shape index (κ3) is 6.12. The molecule has 0 bridgehead atoms. The van der Waals surface area contributed by atoms with Crippen LogP contribution in [0.25, 0.3) is 0 Å². The summed E-state index contributed by atoms with van der Waals surface area (Å²) >= 11 is 0. The highest BCUT2D eigenvalue weighted by atomic mass is 16.4. The summed E-state index contributed by atoms with van der Waals surface area (Å²) < 4.78 is 0. The molecule has 0 radical (unpaired) electrons. The van der Waals surface area contributed by atoms with Gasteiger partial charge in [0.25, 0.3) is 0 Å². The molecule has 5 heteroatoms. The van der Waals surface area contributed by atoms with E-state index in [0.29, 0.717) is 12.8 Å². The van der Waals surface area contributed by atoms with Gasteiger partial charge in [-0.3, -0.25) is 9.59 Å². The Balaban J connectivity index is 1.90. The Morgan fingerprint density at radius 1 is 1.27 bits per heavy atom. The Bertz CT molecular complexity index is 604. The summed E-state index contributed by atoms with van der Waals surface area (Å²) in [6, 6.07) is 0. The average Bonchev–Trinajstić information content (AvgIpc) is 3.00. The van der Waals surface area contributed by atoms with E-state index in [2.05, 4.69) is 11.8 Å². The number of hydrogen-bond donors (Lipinski definition) is 3. The molecule has 26 heavy (non-hydrogen) atoms. The first-order valence-electron chi connectivity index (χ1n) is 9.45. The number of carboxylic acid groups (broad SMARTS) is 1. The van der Waals surface area contributed by atoms with Gasteiger partial charge in [-0.25, -0.2) is 0 Å². The fourth-order valence-corrected chi connectivity index (χ4v) is 3.65. The maximum Gasteiger partial charge on any atom is 0.303 e. The van der Waals surface area contributed by atoms with Crippen LogP contribution >= 0.6 is 0 Å². The van der Waals surface area contributed by atoms with Crippen LogP contribution in [0.2, 0.25) is 0 Å². The minimum Gasteiger partial charge on any atom is -0.481 e. The Morgan fingerprint density at radius 3 is 2.69 bits per heavy atom. The van der Waals surface area contributed by atoms with Crippen LogP contribution < -0.4 is 0 Å². The third-order valence-electron chi connectivity index (χ3n) is 5.17. The SMILES string of the molecule is O=C(O)CCCC#CC(O)C1C(=O)C=CC1C=CC(O)C1CCCCC1. The molecule has 0 aliphatic heterocycles. The molecule has 0 saturated heterocycles. The molecule has 3 N–H and O–H groups in total. The molecule has 0 aromatic rings. The molecular weight excluding hydrogens is 332 g/mol. The second-order valence-electron chi connectivity index (χ2n) is 7.15. The first-order valence-corrected chi connectivity index (χ1v) is 9.45. The predicted molar refractivity (Wildman–Crippen MR) is 98.1 cm³/mol. The van der Waals surface area contributed by atoms with Crippen LogP contribution in [0.15, 0.2) is 24.3 Å². The smallest absolute Gasteiger partial charge is 0.303 e. The lowest BCUT2D eigenvalue weighted by molar-refractivity contribution is -0.137. The number of unbranched alkanes of at least 4 members (excludes halogenated alkanes) is 1. The predicted octanol–water partition coefficient (Wildman–Crippen LogP) is 2.47. The first-order chi connectivity index (χ1) is 12.5. The molecule has 2 aliphatic rings. The van der Waals surface area contributed by atoms with Crippen molar-refractivity contribution in [3.63, 3.8) is 0 Å². The number of carbonyl (C=O) groups excluding carboxylic acids is 1. The number of carbonyl (C=O) groups is 2. The molecule has 1 fully saturated rings. The molecule has 0 aromatic carbocycles. The van der Waals surface area contributed by atoms with Gasteiger partial charge in [0.2, 0.25) is 0 Å². The van der Waals surface area contributed by atoms with E-state index in [1.807, 2.05) is 0 Å². The van der Waals surface area contributed by atoms with Crippen LogP contribution in [0.4, 0.5) is 0 Å². The van der Waals surface area contributed by atoms with Gasteiger partial charge in [0.15, 0.2) is 5.78 Å². The number of rotatable bonds is 7. The van der Waals surface area contributed by atoms with Crippen molar-refractivity contribution in [2.75, 3.05) is 0 Å². The molecule has 0 spiro atoms. The number of allylic oxidation sites excluding steroid dienone is 3. The standard InChI is InChI=1S/C21H28O5/c22-17(15-7-3-1-4-8-15)13-11-16-12-14-19(24)21(16)18(23)9-5-2-6-10-20(25)26/h11-18,21-23H,1-4,6-8,10H2,(H,25,26). The van der Waals surface area contributed by atoms with Crippen molar-refractivity contribution in [1.82, 2.24) is 0 Å². The fraction of sp³-hybridized carbons (Fsp3) is 0.619. The Hall–Kier alpha value is -1.90. The molecule has 0 aromatic heterocycles. The third-order valence-corrected chi connectivity index (χ3v) is 5.17. The highest BCUT2D eigenvalue weighted by Crippen LogP contribution is 2.30. The summed E-state index contributed by atoms with van der Waals surface area (Å²) in [4.78, 5) is 22.5. The lowest BCUT2D eigenvalue weighted by Gasteiger charge is -2.25. The molecule has 5 nitrogen and oxygen atoms in total. The highest BCUT2D eigenvalue weighted by Gasteiger charge is 2.34. The minimum absolute atomic E-state index is 0.0408. The average molecular weight is 360 g/mol. The summed E-state index contributed by atoms with van der Waals surface area (Å²) in [5, 5.41) is 29.2. The van der Waals surface area contributed by atoms with Gasteiger partial charge in [-0.05, 0) is 31.3 Å². The monoisotopic (exact) mass is 360 g/mol. The van der Waals surface area contributed by atoms with Crippen molar-refractivity contribution in [2.24, 2.45) is 17.8 Å². The summed E-state index contributed by atoms with van der Waals surface area (Å²) in [7, 11) is 0. The topological polar surface area (TPSA) is 94.8 Å². The molecule has 142 valence electrons. The lowest BCUT2D eigenvalue weighted by atomic mass is 9.84. The minimum atomic E-state index is -1.09. The van der Waals surface area contributed by atoms with E-state index in [0.717, 1.165) is 25.7 Å². The van der Waals surface area contributed by atoms with Gasteiger partial charge < -0.3 is 15.3 Å². The van der Waals surface area contributed by atoms with Gasteiger partial charge >= 0.3 is 5.97 Å². The number of aliphatic hydroxyl groups excluding tert-OH is 2. The second kappa shape index (κ2) is 10.3. The van der Waals surface area contributed by atoms with Crippen LogP contribution in [-0.2, 0) is 9.59 Å². The van der Waals surface area contributed by atoms with E-state index in [1.54, 1.807) is 18.2 Å². The number of carboxylic acids is 1. The van der Waals surface area contributed by atoms with E-state index < -0.39 is 24.1 Å². The first kappa shape index (κ1) is 20.4. The summed E-state index contributed by atoms with van der Waals surface area (Å²) in [6.07, 6.45) is 11.6. The van der Waals surface area contributed by atoms with Crippen LogP contribution in [0.1, 0.15) is 51.4 Å². The highest BCUT2D eigenvalue weighted by molar-refractivity contribution is 5.95. The van der Waals surface area contributed by atoms with E-state index >= 15 is 0 Å². The van der Waals surface area contributed by atoms with E-state index in [4.69, 9.17) is 5.11 Å². The van der Waals surface area contributed by atoms with E-state index in [1.165, 1.54) is 12.5 Å². The van der Waals surface area contributed by atoms with Gasteiger partial charge in [0, 0.05) is 18.8 Å². The molecule has 1 saturated carbocycles. The summed E-state index contributed by atoms with van der Waals surface area (Å²) in [5.41, 5.74) is 0. The Kier molecular flexibility index (Phi) is 8.08. The summed E-state index contributed by atoms with van der Waals surface area (Å²) in [6.45, 7) is 0. The number of aliphatic carboxylic acids is 1. The van der Waals surface area contributed by atoms with Crippen LogP contribution in [0, 0.1) is 29.6 Å². The van der Waals surface area contributed by atoms with Crippen molar-refractivity contribution in [3.05, 3.63) is 24.3 Å². The van der Waals surface area contributed by atoms with Crippen LogP contribution in [0.5, 0.6) is 0 Å². The Morgan fingerprint density at radius 2 is 2.00 bits per heavy atom. The Labute approximate surface area is 154 Å². The van der Waals surface area contributed by atoms with E-state index in [-0.39, 0.29) is 24.0 Å². The van der Waals surface area contributed by atoms with Gasteiger partial charge in [0.05, 0.1) is 12.0 Å². The zero-order chi connectivity index (χ0) is 18.9. The number of aliphatic hydroxyl groups is 2. The lowest BCUT2D eigenvalue weighted by Crippen LogP contribution is -2.28. The molecular formula is C21H28O5. The molecule has 0 amide bonds. The molecule has 2 aliphatic carbocycles. The number of ketones is 1. The second-order valence-corrected chi connectivity index (χ2v) is 7.15. The van der Waals surface area contributed by atoms with Gasteiger partial charge in [-0.2, -0.15) is 0 Å². The zero-order valence-electron chi connectivity index (χ0n) is 15.0. The van der Waals surface area contributed by atoms with Crippen molar-refractivity contribution in [3.8, 4) is 11.8 Å². The largest absolute Gasteiger partial charge is 0.481 e. The van der Waals surface area contributed by atoms with Crippen molar-refractivity contribution < 1.29 is 24.9 Å².